The molecular formula is C17H20N4O3. The van der Waals surface area contributed by atoms with Crippen molar-refractivity contribution in [2.45, 2.75) is 31.7 Å². The van der Waals surface area contributed by atoms with Gasteiger partial charge >= 0.3 is 12.0 Å². The van der Waals surface area contributed by atoms with Crippen LogP contribution < -0.4 is 10.6 Å². The van der Waals surface area contributed by atoms with Crippen molar-refractivity contribution in [3.8, 4) is 5.69 Å². The number of amides is 2. The van der Waals surface area contributed by atoms with Gasteiger partial charge in [0.05, 0.1) is 5.92 Å². The van der Waals surface area contributed by atoms with Crippen LogP contribution in [0.15, 0.2) is 42.7 Å². The molecule has 7 nitrogen and oxygen atoms in total. The molecule has 1 fully saturated rings. The van der Waals surface area contributed by atoms with Gasteiger partial charge in [-0.1, -0.05) is 18.2 Å². The molecule has 0 saturated heterocycles. The molecule has 1 heterocycles. The number of aliphatic carboxylic acids is 1. The second-order valence-corrected chi connectivity index (χ2v) is 5.94. The Morgan fingerprint density at radius 2 is 1.83 bits per heavy atom. The predicted octanol–water partition coefficient (Wildman–Crippen LogP) is 2.64. The number of carbonyl (C=O) groups is 2. The van der Waals surface area contributed by atoms with Gasteiger partial charge in [-0.05, 0) is 37.8 Å². The highest BCUT2D eigenvalue weighted by Gasteiger charge is 2.26. The molecule has 1 saturated carbocycles. The average Bonchev–Trinajstić information content (AvgIpc) is 3.04. The Hall–Kier alpha value is -2.83. The maximum Gasteiger partial charge on any atom is 0.321 e. The molecule has 0 atom stereocenters. The van der Waals surface area contributed by atoms with E-state index >= 15 is 0 Å². The number of nitrogens with one attached hydrogen (secondary N) is 2. The van der Waals surface area contributed by atoms with Crippen LogP contribution in [0.5, 0.6) is 0 Å². The second kappa shape index (κ2) is 7.16. The Morgan fingerprint density at radius 3 is 2.50 bits per heavy atom. The van der Waals surface area contributed by atoms with E-state index in [0.717, 1.165) is 5.69 Å². The van der Waals surface area contributed by atoms with Gasteiger partial charge < -0.3 is 10.4 Å². The fourth-order valence-electron chi connectivity index (χ4n) is 3.00. The van der Waals surface area contributed by atoms with Gasteiger partial charge in [0.15, 0.2) is 0 Å². The Balaban J connectivity index is 1.57. The minimum absolute atomic E-state index is 0.000683. The molecule has 1 aliphatic carbocycles. The number of anilines is 1. The van der Waals surface area contributed by atoms with Crippen molar-refractivity contribution in [1.82, 2.24) is 14.9 Å². The molecule has 1 aromatic heterocycles. The topological polar surface area (TPSA) is 96.3 Å². The summed E-state index contributed by atoms with van der Waals surface area (Å²) in [5, 5.41) is 14.7. The molecule has 0 bridgehead atoms. The van der Waals surface area contributed by atoms with E-state index in [1.54, 1.807) is 17.0 Å². The fourth-order valence-corrected chi connectivity index (χ4v) is 3.00. The van der Waals surface area contributed by atoms with Crippen molar-refractivity contribution in [2.75, 3.05) is 5.32 Å². The van der Waals surface area contributed by atoms with Crippen LogP contribution in [0.25, 0.3) is 5.69 Å². The van der Waals surface area contributed by atoms with Crippen LogP contribution in [0.1, 0.15) is 25.7 Å². The lowest BCUT2D eigenvalue weighted by Gasteiger charge is -2.26. The molecule has 0 aliphatic heterocycles. The number of carboxylic acids is 1. The molecule has 0 spiro atoms. The first-order valence-electron chi connectivity index (χ1n) is 8.02. The van der Waals surface area contributed by atoms with Gasteiger partial charge in [0, 0.05) is 24.1 Å². The fraction of sp³-hybridized carbons (Fsp3) is 0.353. The highest BCUT2D eigenvalue weighted by Crippen LogP contribution is 2.24. The maximum atomic E-state index is 12.2. The Kier molecular flexibility index (Phi) is 4.79. The van der Waals surface area contributed by atoms with Gasteiger partial charge in [-0.25, -0.2) is 9.78 Å². The van der Waals surface area contributed by atoms with Crippen molar-refractivity contribution in [3.63, 3.8) is 0 Å². The van der Waals surface area contributed by atoms with Crippen molar-refractivity contribution >= 4 is 17.9 Å². The number of benzene rings is 1. The van der Waals surface area contributed by atoms with Gasteiger partial charge in [-0.3, -0.25) is 14.7 Å². The van der Waals surface area contributed by atoms with Crippen LogP contribution in [0.3, 0.4) is 0 Å². The number of urea groups is 1. The van der Waals surface area contributed by atoms with Crippen LogP contribution in [-0.4, -0.2) is 32.7 Å². The Bertz CT molecular complexity index is 706. The van der Waals surface area contributed by atoms with Crippen molar-refractivity contribution in [3.05, 3.63) is 42.7 Å². The number of hydrogen-bond donors (Lipinski definition) is 3. The molecule has 1 aromatic carbocycles. The highest BCUT2D eigenvalue weighted by molar-refractivity contribution is 5.88. The van der Waals surface area contributed by atoms with E-state index in [0.29, 0.717) is 31.6 Å². The van der Waals surface area contributed by atoms with Crippen LogP contribution in [-0.2, 0) is 4.79 Å². The standard InChI is InChI=1S/C17H20N4O3/c22-15(23)12-6-8-13(9-7-12)19-17(24)20-16-18-10-11-21(16)14-4-2-1-3-5-14/h1-5,10-13H,6-9H2,(H,22,23)(H2,18,19,20,24). The van der Waals surface area contributed by atoms with E-state index in [1.807, 2.05) is 30.3 Å². The zero-order valence-electron chi connectivity index (χ0n) is 13.2. The molecule has 0 radical (unpaired) electrons. The number of carboxylic acid groups (broad SMARTS) is 1. The molecule has 126 valence electrons. The van der Waals surface area contributed by atoms with Gasteiger partial charge in [0.1, 0.15) is 0 Å². The summed E-state index contributed by atoms with van der Waals surface area (Å²) in [4.78, 5) is 27.3. The van der Waals surface area contributed by atoms with Gasteiger partial charge in [-0.2, -0.15) is 0 Å². The van der Waals surface area contributed by atoms with Gasteiger partial charge in [0.2, 0.25) is 5.95 Å². The summed E-state index contributed by atoms with van der Waals surface area (Å²) in [7, 11) is 0. The summed E-state index contributed by atoms with van der Waals surface area (Å²) in [6, 6.07) is 9.29. The molecule has 2 aromatic rings. The number of nitrogens with zero attached hydrogens (tertiary/aromatic N) is 2. The molecule has 1 aliphatic rings. The highest BCUT2D eigenvalue weighted by atomic mass is 16.4. The third-order valence-electron chi connectivity index (χ3n) is 4.31. The molecule has 3 N–H and O–H groups in total. The van der Waals surface area contributed by atoms with Crippen LogP contribution in [0.4, 0.5) is 10.7 Å². The molecule has 24 heavy (non-hydrogen) atoms. The first kappa shape index (κ1) is 16.0. The lowest BCUT2D eigenvalue weighted by Crippen LogP contribution is -2.41. The molecule has 0 unspecified atom stereocenters. The number of para-hydroxylation sites is 1. The third kappa shape index (κ3) is 3.73. The summed E-state index contributed by atoms with van der Waals surface area (Å²) in [6.45, 7) is 0. The quantitative estimate of drug-likeness (QED) is 0.804. The summed E-state index contributed by atoms with van der Waals surface area (Å²) in [5.74, 6) is -0.594. The first-order valence-corrected chi connectivity index (χ1v) is 8.02. The Labute approximate surface area is 139 Å². The lowest BCUT2D eigenvalue weighted by atomic mass is 9.86. The Morgan fingerprint density at radius 1 is 1.12 bits per heavy atom. The van der Waals surface area contributed by atoms with E-state index in [1.165, 1.54) is 0 Å². The van der Waals surface area contributed by atoms with E-state index in [4.69, 9.17) is 5.11 Å². The van der Waals surface area contributed by atoms with Crippen molar-refractivity contribution in [1.29, 1.82) is 0 Å². The summed E-state index contributed by atoms with van der Waals surface area (Å²) in [5.41, 5.74) is 0.910. The number of imidazole rings is 1. The third-order valence-corrected chi connectivity index (χ3v) is 4.31. The zero-order chi connectivity index (χ0) is 16.9. The SMILES string of the molecule is O=C(Nc1nccn1-c1ccccc1)NC1CCC(C(=O)O)CC1. The normalized spacial score (nSPS) is 20.3. The average molecular weight is 328 g/mol. The molecule has 2 amide bonds. The van der Waals surface area contributed by atoms with Crippen LogP contribution in [0.2, 0.25) is 0 Å². The largest absolute Gasteiger partial charge is 0.481 e. The van der Waals surface area contributed by atoms with Crippen molar-refractivity contribution in [2.24, 2.45) is 5.92 Å². The molecule has 3 rings (SSSR count). The summed E-state index contributed by atoms with van der Waals surface area (Å²) in [6.07, 6.45) is 5.95. The van der Waals surface area contributed by atoms with Gasteiger partial charge in [-0.15, -0.1) is 0 Å². The predicted molar refractivity (Wildman–Crippen MR) is 89.1 cm³/mol. The number of rotatable bonds is 4. The minimum Gasteiger partial charge on any atom is -0.481 e. The molecule has 7 heteroatoms. The zero-order valence-corrected chi connectivity index (χ0v) is 13.2. The smallest absolute Gasteiger partial charge is 0.321 e. The van der Waals surface area contributed by atoms with E-state index < -0.39 is 5.97 Å². The summed E-state index contributed by atoms with van der Waals surface area (Å²) >= 11 is 0. The van der Waals surface area contributed by atoms with Crippen LogP contribution >= 0.6 is 0 Å². The van der Waals surface area contributed by atoms with Gasteiger partial charge in [0.25, 0.3) is 0 Å². The van der Waals surface area contributed by atoms with Crippen molar-refractivity contribution < 1.29 is 14.7 Å². The number of hydrogen-bond acceptors (Lipinski definition) is 3. The second-order valence-electron chi connectivity index (χ2n) is 5.94. The minimum atomic E-state index is -0.747. The van der Waals surface area contributed by atoms with E-state index in [9.17, 15) is 9.59 Å². The monoisotopic (exact) mass is 328 g/mol. The number of aromatic nitrogens is 2. The number of carbonyl (C=O) groups excluding carboxylic acids is 1. The first-order chi connectivity index (χ1) is 11.6. The van der Waals surface area contributed by atoms with Crippen LogP contribution in [0, 0.1) is 5.92 Å². The lowest BCUT2D eigenvalue weighted by molar-refractivity contribution is -0.142. The maximum absolute atomic E-state index is 12.2. The summed E-state index contributed by atoms with van der Waals surface area (Å²) < 4.78 is 1.79. The van der Waals surface area contributed by atoms with E-state index in [-0.39, 0.29) is 18.0 Å². The molecular weight excluding hydrogens is 308 g/mol. The van der Waals surface area contributed by atoms with E-state index in [2.05, 4.69) is 15.6 Å².